The van der Waals surface area contributed by atoms with Gasteiger partial charge in [0.05, 0.1) is 50.7 Å². The smallest absolute Gasteiger partial charge is 0.408 e. The van der Waals surface area contributed by atoms with Crippen LogP contribution in [0.2, 0.25) is 0 Å². The highest BCUT2D eigenvalue weighted by Gasteiger charge is 2.30. The van der Waals surface area contributed by atoms with E-state index in [1.165, 1.54) is 0 Å². The van der Waals surface area contributed by atoms with Crippen LogP contribution < -0.4 is 10.6 Å². The van der Waals surface area contributed by atoms with Gasteiger partial charge in [0.15, 0.2) is 0 Å². The Bertz CT molecular complexity index is 469. The second kappa shape index (κ2) is 10.2. The van der Waals surface area contributed by atoms with E-state index in [-0.39, 0.29) is 25.3 Å². The van der Waals surface area contributed by atoms with E-state index in [4.69, 9.17) is 18.9 Å². The molecule has 0 spiro atoms. The minimum Gasteiger partial charge on any atom is -0.444 e. The lowest BCUT2D eigenvalue weighted by Crippen LogP contribution is -2.44. The Kier molecular flexibility index (Phi) is 8.93. The van der Waals surface area contributed by atoms with Gasteiger partial charge in [-0.15, -0.1) is 0 Å². The van der Waals surface area contributed by atoms with Crippen molar-refractivity contribution in [2.24, 2.45) is 0 Å². The van der Waals surface area contributed by atoms with Crippen LogP contribution in [0.1, 0.15) is 41.5 Å². The van der Waals surface area contributed by atoms with Crippen LogP contribution in [-0.4, -0.2) is 84.3 Å². The highest BCUT2D eigenvalue weighted by molar-refractivity contribution is 5.68. The zero-order valence-corrected chi connectivity index (χ0v) is 17.5. The van der Waals surface area contributed by atoms with Gasteiger partial charge in [0.2, 0.25) is 0 Å². The maximum absolute atomic E-state index is 11.3. The third kappa shape index (κ3) is 10.1. The lowest BCUT2D eigenvalue weighted by Gasteiger charge is -2.22. The quantitative estimate of drug-likeness (QED) is 0.522. The fourth-order valence-corrected chi connectivity index (χ4v) is 2.28. The van der Waals surface area contributed by atoms with Crippen molar-refractivity contribution in [3.8, 4) is 0 Å². The van der Waals surface area contributed by atoms with E-state index in [9.17, 15) is 19.8 Å². The topological polar surface area (TPSA) is 136 Å². The van der Waals surface area contributed by atoms with Gasteiger partial charge in [-0.1, -0.05) is 0 Å². The largest absolute Gasteiger partial charge is 0.444 e. The standard InChI is InChI=1S/2C9H17NO4/c2*1-9(2,3)14-8(12)10-6-4-13-5-7(6)11/h2*6-7,11H,4-5H2,1-3H3,(H,10,12)/t2*6-,7+/m10/s1. The molecule has 0 radical (unpaired) electrons. The third-order valence-corrected chi connectivity index (χ3v) is 3.51. The Morgan fingerprint density at radius 1 is 0.750 bits per heavy atom. The molecule has 164 valence electrons. The summed E-state index contributed by atoms with van der Waals surface area (Å²) in [7, 11) is 0. The monoisotopic (exact) mass is 406 g/mol. The van der Waals surface area contributed by atoms with E-state index < -0.39 is 35.6 Å². The number of nitrogens with one attached hydrogen (secondary N) is 2. The zero-order valence-electron chi connectivity index (χ0n) is 17.5. The fourth-order valence-electron chi connectivity index (χ4n) is 2.28. The van der Waals surface area contributed by atoms with Gasteiger partial charge < -0.3 is 39.8 Å². The summed E-state index contributed by atoms with van der Waals surface area (Å²) in [4.78, 5) is 22.5. The predicted molar refractivity (Wildman–Crippen MR) is 100.0 cm³/mol. The van der Waals surface area contributed by atoms with E-state index in [1.807, 2.05) is 0 Å². The summed E-state index contributed by atoms with van der Waals surface area (Å²) in [6.07, 6.45) is -2.32. The lowest BCUT2D eigenvalue weighted by molar-refractivity contribution is 0.0452. The maximum atomic E-state index is 11.3. The number of carbonyl (C=O) groups excluding carboxylic acids is 2. The highest BCUT2D eigenvalue weighted by Crippen LogP contribution is 2.10. The van der Waals surface area contributed by atoms with E-state index >= 15 is 0 Å². The number of hydrogen-bond acceptors (Lipinski definition) is 8. The molecule has 2 fully saturated rings. The number of amides is 2. The Morgan fingerprint density at radius 2 is 1.07 bits per heavy atom. The van der Waals surface area contributed by atoms with Crippen molar-refractivity contribution < 1.29 is 38.7 Å². The molecule has 0 aromatic rings. The van der Waals surface area contributed by atoms with E-state index in [1.54, 1.807) is 41.5 Å². The van der Waals surface area contributed by atoms with Gasteiger partial charge in [0, 0.05) is 0 Å². The molecule has 0 aromatic heterocycles. The molecule has 28 heavy (non-hydrogen) atoms. The molecular weight excluding hydrogens is 372 g/mol. The fraction of sp³-hybridized carbons (Fsp3) is 0.889. The van der Waals surface area contributed by atoms with Crippen molar-refractivity contribution in [3.63, 3.8) is 0 Å². The minimum atomic E-state index is -0.637. The molecule has 0 aliphatic carbocycles. The molecule has 0 aromatic carbocycles. The van der Waals surface area contributed by atoms with Crippen molar-refractivity contribution in [1.29, 1.82) is 0 Å². The molecule has 2 aliphatic heterocycles. The minimum absolute atomic E-state index is 0.264. The van der Waals surface area contributed by atoms with E-state index in [0.29, 0.717) is 13.2 Å². The van der Waals surface area contributed by atoms with Crippen molar-refractivity contribution in [2.45, 2.75) is 77.0 Å². The Morgan fingerprint density at radius 3 is 1.29 bits per heavy atom. The summed E-state index contributed by atoms with van der Waals surface area (Å²) in [5, 5.41) is 23.8. The average Bonchev–Trinajstić information content (AvgIpc) is 3.05. The van der Waals surface area contributed by atoms with Crippen LogP contribution in [0.4, 0.5) is 9.59 Å². The molecule has 2 amide bonds. The van der Waals surface area contributed by atoms with Crippen LogP contribution in [0.15, 0.2) is 0 Å². The van der Waals surface area contributed by atoms with E-state index in [2.05, 4.69) is 10.6 Å². The second-order valence-electron chi connectivity index (χ2n) is 8.72. The average molecular weight is 406 g/mol. The zero-order chi connectivity index (χ0) is 21.5. The summed E-state index contributed by atoms with van der Waals surface area (Å²) < 4.78 is 20.0. The summed E-state index contributed by atoms with van der Waals surface area (Å²) in [6.45, 7) is 11.9. The molecule has 10 heteroatoms. The van der Waals surface area contributed by atoms with E-state index in [0.717, 1.165) is 0 Å². The molecule has 4 atom stereocenters. The SMILES string of the molecule is CC(C)(C)OC(=O)N[C@@H]1COC[C@@H]1O.CC(C)(C)OC(=O)N[C@H]1COC[C@H]1O. The van der Waals surface area contributed by atoms with Gasteiger partial charge in [-0.3, -0.25) is 0 Å². The molecular formula is C18H34N2O8. The summed E-state index contributed by atoms with van der Waals surface area (Å²) in [6, 6.07) is -0.713. The van der Waals surface area contributed by atoms with Crippen LogP contribution >= 0.6 is 0 Å². The van der Waals surface area contributed by atoms with Gasteiger partial charge in [-0.2, -0.15) is 0 Å². The molecule has 2 aliphatic rings. The first kappa shape index (κ1) is 24.4. The van der Waals surface area contributed by atoms with Gasteiger partial charge in [0.1, 0.15) is 11.2 Å². The number of alkyl carbamates (subject to hydrolysis) is 2. The Balaban J connectivity index is 0.000000280. The number of ether oxygens (including phenoxy) is 4. The molecule has 2 heterocycles. The first-order chi connectivity index (χ1) is 12.8. The molecule has 0 bridgehead atoms. The summed E-state index contributed by atoms with van der Waals surface area (Å²) in [5.41, 5.74) is -1.04. The van der Waals surface area contributed by atoms with Crippen LogP contribution in [0, 0.1) is 0 Å². The number of carbonyl (C=O) groups is 2. The maximum Gasteiger partial charge on any atom is 0.408 e. The summed E-state index contributed by atoms with van der Waals surface area (Å²) in [5.74, 6) is 0. The van der Waals surface area contributed by atoms with Crippen molar-refractivity contribution in [3.05, 3.63) is 0 Å². The first-order valence-corrected chi connectivity index (χ1v) is 9.27. The number of aliphatic hydroxyl groups is 2. The number of rotatable bonds is 2. The Hall–Kier alpha value is -1.62. The molecule has 10 nitrogen and oxygen atoms in total. The molecule has 0 unspecified atom stereocenters. The van der Waals surface area contributed by atoms with Gasteiger partial charge >= 0.3 is 12.2 Å². The molecule has 4 N–H and O–H groups in total. The predicted octanol–water partition coefficient (Wildman–Crippen LogP) is 0.542. The molecule has 2 saturated heterocycles. The first-order valence-electron chi connectivity index (χ1n) is 9.27. The van der Waals surface area contributed by atoms with Crippen LogP contribution in [0.3, 0.4) is 0 Å². The third-order valence-electron chi connectivity index (χ3n) is 3.51. The van der Waals surface area contributed by atoms with Gasteiger partial charge in [-0.25, -0.2) is 9.59 Å². The molecule has 2 rings (SSSR count). The van der Waals surface area contributed by atoms with Gasteiger partial charge in [0.25, 0.3) is 0 Å². The van der Waals surface area contributed by atoms with Crippen molar-refractivity contribution in [1.82, 2.24) is 10.6 Å². The van der Waals surface area contributed by atoms with Crippen molar-refractivity contribution >= 4 is 12.2 Å². The van der Waals surface area contributed by atoms with Crippen LogP contribution in [0.25, 0.3) is 0 Å². The number of aliphatic hydroxyl groups excluding tert-OH is 2. The number of hydrogen-bond donors (Lipinski definition) is 4. The van der Waals surface area contributed by atoms with Crippen LogP contribution in [0.5, 0.6) is 0 Å². The normalized spacial score (nSPS) is 27.4. The Labute approximate surface area is 165 Å². The lowest BCUT2D eigenvalue weighted by atomic mass is 10.2. The summed E-state index contributed by atoms with van der Waals surface area (Å²) >= 11 is 0. The molecule has 0 saturated carbocycles. The van der Waals surface area contributed by atoms with Gasteiger partial charge in [-0.05, 0) is 41.5 Å². The van der Waals surface area contributed by atoms with Crippen LogP contribution in [-0.2, 0) is 18.9 Å². The van der Waals surface area contributed by atoms with Crippen molar-refractivity contribution in [2.75, 3.05) is 26.4 Å². The highest BCUT2D eigenvalue weighted by atomic mass is 16.6. The second-order valence-corrected chi connectivity index (χ2v) is 8.72.